The molecule has 0 aliphatic rings. The van der Waals surface area contributed by atoms with Gasteiger partial charge in [-0.05, 0) is 46.1 Å². The van der Waals surface area contributed by atoms with E-state index in [2.05, 4.69) is 15.4 Å². The zero-order valence-electron chi connectivity index (χ0n) is 16.8. The van der Waals surface area contributed by atoms with E-state index in [1.807, 2.05) is 51.3 Å². The van der Waals surface area contributed by atoms with E-state index in [1.54, 1.807) is 29.6 Å². The first-order chi connectivity index (χ1) is 13.2. The van der Waals surface area contributed by atoms with Gasteiger partial charge in [0.05, 0.1) is 17.4 Å². The third-order valence-electron chi connectivity index (χ3n) is 4.46. The van der Waals surface area contributed by atoms with Crippen LogP contribution in [0.15, 0.2) is 40.2 Å². The number of aromatic nitrogens is 4. The molecule has 1 N–H and O–H groups in total. The van der Waals surface area contributed by atoms with Crippen molar-refractivity contribution in [3.63, 3.8) is 0 Å². The van der Waals surface area contributed by atoms with Gasteiger partial charge in [-0.15, -0.1) is 11.8 Å². The first kappa shape index (κ1) is 20.1. The predicted octanol–water partition coefficient (Wildman–Crippen LogP) is 3.41. The number of benzene rings is 1. The number of nitrogens with zero attached hydrogens (tertiary/aromatic N) is 4. The molecule has 7 nitrogen and oxygen atoms in total. The summed E-state index contributed by atoms with van der Waals surface area (Å²) in [6.07, 6.45) is 3.71. The van der Waals surface area contributed by atoms with E-state index in [9.17, 15) is 9.59 Å². The van der Waals surface area contributed by atoms with Crippen LogP contribution >= 0.6 is 11.8 Å². The lowest BCUT2D eigenvalue weighted by atomic mass is 10.1. The highest BCUT2D eigenvalue weighted by Gasteiger charge is 2.21. The Morgan fingerprint density at radius 1 is 1.25 bits per heavy atom. The van der Waals surface area contributed by atoms with Crippen molar-refractivity contribution >= 4 is 34.4 Å². The van der Waals surface area contributed by atoms with Crippen LogP contribution in [0.2, 0.25) is 0 Å². The van der Waals surface area contributed by atoms with Gasteiger partial charge in [0.15, 0.2) is 5.65 Å². The molecule has 3 rings (SSSR count). The van der Waals surface area contributed by atoms with Gasteiger partial charge in [-0.3, -0.25) is 14.2 Å². The van der Waals surface area contributed by atoms with Gasteiger partial charge in [0, 0.05) is 17.9 Å². The molecule has 0 saturated heterocycles. The zero-order chi connectivity index (χ0) is 20.5. The maximum absolute atomic E-state index is 12.9. The van der Waals surface area contributed by atoms with E-state index in [0.29, 0.717) is 16.9 Å². The Hall–Kier alpha value is -2.61. The number of aryl methyl sites for hydroxylation is 1. The second-order valence-electron chi connectivity index (χ2n) is 7.58. The second-order valence-corrected chi connectivity index (χ2v) is 8.43. The van der Waals surface area contributed by atoms with E-state index in [-0.39, 0.29) is 30.0 Å². The smallest absolute Gasteiger partial charge is 0.264 e. The number of amides is 1. The standard InChI is InChI=1S/C20H25N5O2S/c1-13-22-18-14(12-21-25(18)20(2,3)4)19(27)24(13)11-10-17(26)23-15-8-6-7-9-16(15)28-5/h6-9,12H,10-11H2,1-5H3,(H,23,26). The van der Waals surface area contributed by atoms with Crippen molar-refractivity contribution in [2.24, 2.45) is 0 Å². The van der Waals surface area contributed by atoms with Crippen LogP contribution in [0.25, 0.3) is 11.0 Å². The molecule has 0 aliphatic carbocycles. The fraction of sp³-hybridized carbons (Fsp3) is 0.400. The van der Waals surface area contributed by atoms with Gasteiger partial charge in [0.2, 0.25) is 5.91 Å². The molecular formula is C20H25N5O2S. The van der Waals surface area contributed by atoms with Crippen molar-refractivity contribution in [1.82, 2.24) is 19.3 Å². The Morgan fingerprint density at radius 2 is 1.96 bits per heavy atom. The van der Waals surface area contributed by atoms with Crippen LogP contribution in [-0.2, 0) is 16.9 Å². The minimum Gasteiger partial charge on any atom is -0.325 e. The Balaban J connectivity index is 1.81. The molecule has 0 unspecified atom stereocenters. The SMILES string of the molecule is CSc1ccccc1NC(=O)CCn1c(C)nc2c(cnn2C(C)(C)C)c1=O. The highest BCUT2D eigenvalue weighted by molar-refractivity contribution is 7.98. The van der Waals surface area contributed by atoms with Gasteiger partial charge in [-0.25, -0.2) is 9.67 Å². The minimum atomic E-state index is -0.273. The van der Waals surface area contributed by atoms with Gasteiger partial charge in [0.25, 0.3) is 5.56 Å². The quantitative estimate of drug-likeness (QED) is 0.665. The summed E-state index contributed by atoms with van der Waals surface area (Å²) in [6.45, 7) is 8.08. The summed E-state index contributed by atoms with van der Waals surface area (Å²) in [5.41, 5.74) is 0.911. The highest BCUT2D eigenvalue weighted by Crippen LogP contribution is 2.24. The average molecular weight is 400 g/mol. The summed E-state index contributed by atoms with van der Waals surface area (Å²) in [4.78, 5) is 30.9. The molecule has 0 spiro atoms. The first-order valence-electron chi connectivity index (χ1n) is 9.11. The predicted molar refractivity (Wildman–Crippen MR) is 113 cm³/mol. The van der Waals surface area contributed by atoms with Crippen LogP contribution in [0, 0.1) is 6.92 Å². The zero-order valence-corrected chi connectivity index (χ0v) is 17.6. The summed E-state index contributed by atoms with van der Waals surface area (Å²) >= 11 is 1.57. The van der Waals surface area contributed by atoms with Gasteiger partial charge in [-0.1, -0.05) is 12.1 Å². The monoisotopic (exact) mass is 399 g/mol. The second kappa shape index (κ2) is 7.79. The number of carbonyl (C=O) groups excluding carboxylic acids is 1. The molecule has 3 aromatic rings. The van der Waals surface area contributed by atoms with Crippen molar-refractivity contribution < 1.29 is 4.79 Å². The minimum absolute atomic E-state index is 0.140. The molecule has 0 bridgehead atoms. The Morgan fingerprint density at radius 3 is 2.64 bits per heavy atom. The summed E-state index contributed by atoms with van der Waals surface area (Å²) in [7, 11) is 0. The van der Waals surface area contributed by atoms with E-state index in [0.717, 1.165) is 10.6 Å². The Kier molecular flexibility index (Phi) is 5.60. The van der Waals surface area contributed by atoms with Crippen LogP contribution in [0.3, 0.4) is 0 Å². The van der Waals surface area contributed by atoms with E-state index in [1.165, 1.54) is 4.57 Å². The average Bonchev–Trinajstić information content (AvgIpc) is 3.06. The van der Waals surface area contributed by atoms with E-state index >= 15 is 0 Å². The third kappa shape index (κ3) is 3.96. The molecular weight excluding hydrogens is 374 g/mol. The molecule has 1 amide bonds. The topological polar surface area (TPSA) is 81.8 Å². The van der Waals surface area contributed by atoms with Crippen LogP contribution in [-0.4, -0.2) is 31.5 Å². The molecule has 8 heteroatoms. The van der Waals surface area contributed by atoms with Crippen LogP contribution < -0.4 is 10.9 Å². The summed E-state index contributed by atoms with van der Waals surface area (Å²) in [6, 6.07) is 7.65. The number of thioether (sulfide) groups is 1. The largest absolute Gasteiger partial charge is 0.325 e. The Bertz CT molecular complexity index is 1080. The van der Waals surface area contributed by atoms with Crippen LogP contribution in [0.5, 0.6) is 0 Å². The molecule has 0 atom stereocenters. The number of nitrogens with one attached hydrogen (secondary N) is 1. The maximum Gasteiger partial charge on any atom is 0.264 e. The number of rotatable bonds is 5. The number of hydrogen-bond donors (Lipinski definition) is 1. The fourth-order valence-electron chi connectivity index (χ4n) is 3.03. The third-order valence-corrected chi connectivity index (χ3v) is 5.25. The van der Waals surface area contributed by atoms with Gasteiger partial charge in [-0.2, -0.15) is 5.10 Å². The molecule has 0 fully saturated rings. The molecule has 148 valence electrons. The fourth-order valence-corrected chi connectivity index (χ4v) is 3.59. The number of fused-ring (bicyclic) bond motifs is 1. The highest BCUT2D eigenvalue weighted by atomic mass is 32.2. The van der Waals surface area contributed by atoms with E-state index < -0.39 is 0 Å². The van der Waals surface area contributed by atoms with Gasteiger partial charge >= 0.3 is 0 Å². The lowest BCUT2D eigenvalue weighted by Crippen LogP contribution is -2.28. The number of para-hydroxylation sites is 1. The summed E-state index contributed by atoms with van der Waals surface area (Å²) in [5.74, 6) is 0.430. The van der Waals surface area contributed by atoms with Crippen molar-refractivity contribution in [3.8, 4) is 0 Å². The molecule has 0 saturated carbocycles. The lowest BCUT2D eigenvalue weighted by Gasteiger charge is -2.20. The molecule has 28 heavy (non-hydrogen) atoms. The lowest BCUT2D eigenvalue weighted by molar-refractivity contribution is -0.116. The van der Waals surface area contributed by atoms with Crippen LogP contribution in [0.4, 0.5) is 5.69 Å². The van der Waals surface area contributed by atoms with Crippen molar-refractivity contribution in [2.45, 2.75) is 51.1 Å². The molecule has 1 aromatic carbocycles. The van der Waals surface area contributed by atoms with Crippen LogP contribution in [0.1, 0.15) is 33.0 Å². The van der Waals surface area contributed by atoms with Gasteiger partial charge in [0.1, 0.15) is 11.2 Å². The van der Waals surface area contributed by atoms with Crippen molar-refractivity contribution in [2.75, 3.05) is 11.6 Å². The normalized spacial score (nSPS) is 11.8. The molecule has 2 heterocycles. The Labute approximate surface area is 168 Å². The van der Waals surface area contributed by atoms with E-state index in [4.69, 9.17) is 0 Å². The summed E-state index contributed by atoms with van der Waals surface area (Å²) < 4.78 is 3.30. The number of hydrogen-bond acceptors (Lipinski definition) is 5. The first-order valence-corrected chi connectivity index (χ1v) is 10.3. The number of anilines is 1. The molecule has 2 aromatic heterocycles. The maximum atomic E-state index is 12.9. The molecule has 0 aliphatic heterocycles. The van der Waals surface area contributed by atoms with Crippen molar-refractivity contribution in [1.29, 1.82) is 0 Å². The number of carbonyl (C=O) groups is 1. The summed E-state index contributed by atoms with van der Waals surface area (Å²) in [5, 5.41) is 7.73. The van der Waals surface area contributed by atoms with Gasteiger partial charge < -0.3 is 5.32 Å². The molecule has 0 radical (unpaired) electrons. The van der Waals surface area contributed by atoms with Crippen molar-refractivity contribution in [3.05, 3.63) is 46.6 Å².